The summed E-state index contributed by atoms with van der Waals surface area (Å²) in [4.78, 5) is 10.8. The van der Waals surface area contributed by atoms with E-state index >= 15 is 0 Å². The summed E-state index contributed by atoms with van der Waals surface area (Å²) in [7, 11) is 1.57. The molecule has 1 aromatic heterocycles. The Balaban J connectivity index is 2.41. The number of hydrogen-bond donors (Lipinski definition) is 2. The molecule has 0 fully saturated rings. The summed E-state index contributed by atoms with van der Waals surface area (Å²) >= 11 is 1.18. The fourth-order valence-electron chi connectivity index (χ4n) is 0.578. The van der Waals surface area contributed by atoms with Gasteiger partial charge in [-0.3, -0.25) is 4.79 Å². The number of carbonyl (C=O) groups is 1. The van der Waals surface area contributed by atoms with Gasteiger partial charge in [-0.15, -0.1) is 10.2 Å². The van der Waals surface area contributed by atoms with E-state index in [2.05, 4.69) is 15.5 Å². The summed E-state index contributed by atoms with van der Waals surface area (Å²) in [6.45, 7) is 0.216. The molecule has 3 N–H and O–H groups in total. The molecule has 72 valence electrons. The van der Waals surface area contributed by atoms with Crippen molar-refractivity contribution >= 4 is 17.7 Å². The third kappa shape index (κ3) is 3.03. The van der Waals surface area contributed by atoms with Gasteiger partial charge in [0.1, 0.15) is 0 Å². The van der Waals surface area contributed by atoms with Gasteiger partial charge >= 0.3 is 0 Å². The van der Waals surface area contributed by atoms with Gasteiger partial charge < -0.3 is 15.5 Å². The van der Waals surface area contributed by atoms with E-state index in [4.69, 9.17) is 10.2 Å². The topological polar surface area (TPSA) is 94.0 Å². The molecule has 1 heterocycles. The number of hydrogen-bond acceptors (Lipinski definition) is 6. The van der Waals surface area contributed by atoms with Crippen LogP contribution in [0.4, 0.5) is 0 Å². The molecular formula is C6H10N4O2S. The van der Waals surface area contributed by atoms with Crippen molar-refractivity contribution in [3.8, 4) is 0 Å². The lowest BCUT2D eigenvalue weighted by molar-refractivity contribution is -0.118. The van der Waals surface area contributed by atoms with Gasteiger partial charge in [-0.1, -0.05) is 11.8 Å². The van der Waals surface area contributed by atoms with Gasteiger partial charge in [0.15, 0.2) is 0 Å². The van der Waals surface area contributed by atoms with Gasteiger partial charge in [-0.25, -0.2) is 0 Å². The minimum Gasteiger partial charge on any atom is -0.415 e. The van der Waals surface area contributed by atoms with E-state index in [9.17, 15) is 4.79 Å². The summed E-state index contributed by atoms with van der Waals surface area (Å²) in [6, 6.07) is 0. The van der Waals surface area contributed by atoms with Crippen LogP contribution in [0.15, 0.2) is 9.64 Å². The van der Waals surface area contributed by atoms with Crippen molar-refractivity contribution in [3.05, 3.63) is 5.89 Å². The number of nitrogens with two attached hydrogens (primary N) is 1. The van der Waals surface area contributed by atoms with E-state index in [1.54, 1.807) is 7.05 Å². The minimum absolute atomic E-state index is 0.0856. The summed E-state index contributed by atoms with van der Waals surface area (Å²) in [5.41, 5.74) is 5.26. The van der Waals surface area contributed by atoms with Crippen molar-refractivity contribution in [2.75, 3.05) is 12.8 Å². The second-order valence-electron chi connectivity index (χ2n) is 2.13. The van der Waals surface area contributed by atoms with Gasteiger partial charge in [0.25, 0.3) is 5.22 Å². The van der Waals surface area contributed by atoms with Crippen molar-refractivity contribution in [3.63, 3.8) is 0 Å². The molecular weight excluding hydrogens is 192 g/mol. The molecule has 0 unspecified atom stereocenters. The van der Waals surface area contributed by atoms with Crippen molar-refractivity contribution in [1.82, 2.24) is 15.5 Å². The van der Waals surface area contributed by atoms with Gasteiger partial charge in [0.2, 0.25) is 11.8 Å². The molecule has 0 radical (unpaired) electrons. The van der Waals surface area contributed by atoms with Crippen LogP contribution in [0.1, 0.15) is 5.89 Å². The maximum atomic E-state index is 10.8. The van der Waals surface area contributed by atoms with Crippen LogP contribution in [0.2, 0.25) is 0 Å². The van der Waals surface area contributed by atoms with E-state index in [0.29, 0.717) is 11.1 Å². The predicted molar refractivity (Wildman–Crippen MR) is 47.0 cm³/mol. The smallest absolute Gasteiger partial charge is 0.277 e. The molecule has 1 amide bonds. The largest absolute Gasteiger partial charge is 0.415 e. The lowest BCUT2D eigenvalue weighted by atomic mass is 10.7. The van der Waals surface area contributed by atoms with E-state index in [-0.39, 0.29) is 18.2 Å². The molecule has 0 aliphatic carbocycles. The third-order valence-corrected chi connectivity index (χ3v) is 2.05. The molecule has 1 aromatic rings. The summed E-state index contributed by atoms with van der Waals surface area (Å²) in [6.07, 6.45) is 0. The van der Waals surface area contributed by atoms with Crippen molar-refractivity contribution in [2.24, 2.45) is 5.73 Å². The first-order valence-electron chi connectivity index (χ1n) is 3.62. The Labute approximate surface area is 79.3 Å². The molecule has 0 bridgehead atoms. The molecule has 1 rings (SSSR count). The average Bonchev–Trinajstić information content (AvgIpc) is 2.61. The van der Waals surface area contributed by atoms with Crippen molar-refractivity contribution < 1.29 is 9.21 Å². The minimum atomic E-state index is -0.0856. The highest BCUT2D eigenvalue weighted by molar-refractivity contribution is 7.99. The molecule has 7 heteroatoms. The molecule has 0 aliphatic rings. The first kappa shape index (κ1) is 10.0. The van der Waals surface area contributed by atoms with Crippen molar-refractivity contribution in [1.29, 1.82) is 0 Å². The summed E-state index contributed by atoms with van der Waals surface area (Å²) < 4.78 is 5.06. The first-order chi connectivity index (χ1) is 6.26. The van der Waals surface area contributed by atoms with E-state index < -0.39 is 0 Å². The Hall–Kier alpha value is -1.08. The van der Waals surface area contributed by atoms with Gasteiger partial charge in [0, 0.05) is 7.05 Å². The molecule has 0 saturated carbocycles. The molecule has 0 atom stereocenters. The van der Waals surface area contributed by atoms with Crippen LogP contribution in [0.3, 0.4) is 0 Å². The maximum Gasteiger partial charge on any atom is 0.277 e. The molecule has 6 nitrogen and oxygen atoms in total. The average molecular weight is 202 g/mol. The number of thioether (sulfide) groups is 1. The monoisotopic (exact) mass is 202 g/mol. The molecule has 13 heavy (non-hydrogen) atoms. The lowest BCUT2D eigenvalue weighted by Crippen LogP contribution is -2.19. The van der Waals surface area contributed by atoms with E-state index in [1.807, 2.05) is 0 Å². The van der Waals surface area contributed by atoms with Gasteiger partial charge in [0.05, 0.1) is 12.3 Å². The molecule has 0 aromatic carbocycles. The first-order valence-corrected chi connectivity index (χ1v) is 4.60. The SMILES string of the molecule is CNC(=O)CSc1nnc(CN)o1. The Morgan fingerprint density at radius 3 is 3.00 bits per heavy atom. The van der Waals surface area contributed by atoms with Gasteiger partial charge in [-0.2, -0.15) is 0 Å². The standard InChI is InChI=1S/C6H10N4O2S/c1-8-4(11)3-13-6-10-9-5(2-7)12-6/h2-3,7H2,1H3,(H,8,11). The summed E-state index contributed by atoms with van der Waals surface area (Å²) in [5.74, 6) is 0.555. The Morgan fingerprint density at radius 2 is 2.46 bits per heavy atom. The number of nitrogens with one attached hydrogen (secondary N) is 1. The van der Waals surface area contributed by atoms with Crippen molar-refractivity contribution in [2.45, 2.75) is 11.8 Å². The lowest BCUT2D eigenvalue weighted by Gasteiger charge is -1.94. The number of nitrogens with zero attached hydrogens (tertiary/aromatic N) is 2. The Kier molecular flexibility index (Phi) is 3.71. The van der Waals surface area contributed by atoms with Crippen LogP contribution in [0.25, 0.3) is 0 Å². The zero-order chi connectivity index (χ0) is 9.68. The fourth-order valence-corrected chi connectivity index (χ4v) is 1.23. The van der Waals surface area contributed by atoms with Crippen LogP contribution in [0.5, 0.6) is 0 Å². The number of amides is 1. The highest BCUT2D eigenvalue weighted by Crippen LogP contribution is 2.14. The van der Waals surface area contributed by atoms with Crippen LogP contribution < -0.4 is 11.1 Å². The highest BCUT2D eigenvalue weighted by atomic mass is 32.2. The maximum absolute atomic E-state index is 10.8. The van der Waals surface area contributed by atoms with Gasteiger partial charge in [-0.05, 0) is 0 Å². The predicted octanol–water partition coefficient (Wildman–Crippen LogP) is -0.634. The quantitative estimate of drug-likeness (QED) is 0.631. The summed E-state index contributed by atoms with van der Waals surface area (Å²) in [5, 5.41) is 10.2. The Morgan fingerprint density at radius 1 is 1.69 bits per heavy atom. The zero-order valence-electron chi connectivity index (χ0n) is 7.11. The molecule has 0 saturated heterocycles. The normalized spacial score (nSPS) is 10.0. The second-order valence-corrected chi connectivity index (χ2v) is 3.05. The fraction of sp³-hybridized carbons (Fsp3) is 0.500. The molecule has 0 spiro atoms. The highest BCUT2D eigenvalue weighted by Gasteiger charge is 2.06. The number of rotatable bonds is 4. The van der Waals surface area contributed by atoms with Crippen LogP contribution in [-0.4, -0.2) is 28.9 Å². The second kappa shape index (κ2) is 4.83. The van der Waals surface area contributed by atoms with E-state index in [1.165, 1.54) is 11.8 Å². The van der Waals surface area contributed by atoms with Crippen LogP contribution >= 0.6 is 11.8 Å². The third-order valence-electron chi connectivity index (χ3n) is 1.23. The number of carbonyl (C=O) groups excluding carboxylic acids is 1. The Bertz CT molecular complexity index is 288. The van der Waals surface area contributed by atoms with Crippen LogP contribution in [-0.2, 0) is 11.3 Å². The zero-order valence-corrected chi connectivity index (χ0v) is 7.93. The molecule has 0 aliphatic heterocycles. The number of aromatic nitrogens is 2. The van der Waals surface area contributed by atoms with E-state index in [0.717, 1.165) is 0 Å². The van der Waals surface area contributed by atoms with Crippen LogP contribution in [0, 0.1) is 0 Å².